The number of fused-ring (bicyclic) bond motifs is 1. The van der Waals surface area contributed by atoms with E-state index in [4.69, 9.17) is 4.98 Å². The maximum Gasteiger partial charge on any atom is 0.134 e. The van der Waals surface area contributed by atoms with Gasteiger partial charge in [-0.15, -0.1) is 22.7 Å². The van der Waals surface area contributed by atoms with Crippen LogP contribution in [0.2, 0.25) is 0 Å². The fourth-order valence-electron chi connectivity index (χ4n) is 2.31. The number of nitrogens with zero attached hydrogens (tertiary/aromatic N) is 1. The van der Waals surface area contributed by atoms with E-state index in [1.54, 1.807) is 11.3 Å². The molecule has 0 aliphatic rings. The highest BCUT2D eigenvalue weighted by atomic mass is 32.1. The van der Waals surface area contributed by atoms with E-state index in [1.807, 2.05) is 17.4 Å². The Bertz CT molecular complexity index is 696. The van der Waals surface area contributed by atoms with Gasteiger partial charge in [-0.3, -0.25) is 0 Å². The van der Waals surface area contributed by atoms with Crippen molar-refractivity contribution in [3.05, 3.63) is 40.8 Å². The predicted octanol–water partition coefficient (Wildman–Crippen LogP) is 5.63. The van der Waals surface area contributed by atoms with Crippen LogP contribution in [-0.4, -0.2) is 4.98 Å². The highest BCUT2D eigenvalue weighted by molar-refractivity contribution is 7.25. The van der Waals surface area contributed by atoms with E-state index >= 15 is 0 Å². The largest absolute Gasteiger partial charge is 0.235 e. The standard InChI is InChI=1S/C16H17NS2/c1-10-11(16(2,3)4)9-14(18-10)15-17-12-7-5-6-8-13(12)19-15/h5-9H,1-4H3. The molecule has 98 valence electrons. The summed E-state index contributed by atoms with van der Waals surface area (Å²) in [5.41, 5.74) is 2.74. The minimum Gasteiger partial charge on any atom is -0.235 e. The average molecular weight is 287 g/mol. The van der Waals surface area contributed by atoms with Crippen molar-refractivity contribution in [3.8, 4) is 9.88 Å². The van der Waals surface area contributed by atoms with Gasteiger partial charge < -0.3 is 0 Å². The van der Waals surface area contributed by atoms with E-state index in [2.05, 4.69) is 52.0 Å². The quantitative estimate of drug-likeness (QED) is 0.565. The fraction of sp³-hybridized carbons (Fsp3) is 0.312. The molecule has 2 aromatic heterocycles. The zero-order valence-corrected chi connectivity index (χ0v) is 13.3. The number of aryl methyl sites for hydroxylation is 1. The number of thiophene rings is 1. The van der Waals surface area contributed by atoms with E-state index in [0.717, 1.165) is 10.5 Å². The van der Waals surface area contributed by atoms with Crippen molar-refractivity contribution >= 4 is 32.9 Å². The summed E-state index contributed by atoms with van der Waals surface area (Å²) in [7, 11) is 0. The van der Waals surface area contributed by atoms with Crippen molar-refractivity contribution in [2.75, 3.05) is 0 Å². The molecule has 1 nitrogen and oxygen atoms in total. The van der Waals surface area contributed by atoms with E-state index < -0.39 is 0 Å². The molecule has 0 unspecified atom stereocenters. The van der Waals surface area contributed by atoms with Gasteiger partial charge in [0.25, 0.3) is 0 Å². The molecular formula is C16H17NS2. The third-order valence-corrected chi connectivity index (χ3v) is 5.49. The van der Waals surface area contributed by atoms with Gasteiger partial charge in [0.05, 0.1) is 15.1 Å². The van der Waals surface area contributed by atoms with Crippen LogP contribution in [0.3, 0.4) is 0 Å². The SMILES string of the molecule is Cc1sc(-c2nc3ccccc3s2)cc1C(C)(C)C. The van der Waals surface area contributed by atoms with E-state index in [1.165, 1.54) is 20.0 Å². The Morgan fingerprint density at radius 3 is 2.42 bits per heavy atom. The molecule has 3 heteroatoms. The second kappa shape index (κ2) is 4.43. The lowest BCUT2D eigenvalue weighted by atomic mass is 9.87. The Morgan fingerprint density at radius 1 is 1.05 bits per heavy atom. The van der Waals surface area contributed by atoms with Gasteiger partial charge in [0, 0.05) is 4.88 Å². The first kappa shape index (κ1) is 12.8. The lowest BCUT2D eigenvalue weighted by Gasteiger charge is -2.17. The Hall–Kier alpha value is -1.19. The zero-order valence-electron chi connectivity index (χ0n) is 11.7. The summed E-state index contributed by atoms with van der Waals surface area (Å²) in [5.74, 6) is 0. The van der Waals surface area contributed by atoms with Crippen molar-refractivity contribution in [1.82, 2.24) is 4.98 Å². The summed E-state index contributed by atoms with van der Waals surface area (Å²) in [4.78, 5) is 7.45. The molecule has 0 aliphatic carbocycles. The van der Waals surface area contributed by atoms with Crippen molar-refractivity contribution in [3.63, 3.8) is 0 Å². The predicted molar refractivity (Wildman–Crippen MR) is 86.4 cm³/mol. The van der Waals surface area contributed by atoms with E-state index in [9.17, 15) is 0 Å². The van der Waals surface area contributed by atoms with E-state index in [-0.39, 0.29) is 5.41 Å². The number of hydrogen-bond donors (Lipinski definition) is 0. The van der Waals surface area contributed by atoms with Crippen LogP contribution in [0.15, 0.2) is 30.3 Å². The molecule has 0 radical (unpaired) electrons. The first-order chi connectivity index (χ1) is 8.95. The van der Waals surface area contributed by atoms with Gasteiger partial charge in [-0.1, -0.05) is 32.9 Å². The summed E-state index contributed by atoms with van der Waals surface area (Å²) in [5, 5.41) is 1.14. The average Bonchev–Trinajstić information content (AvgIpc) is 2.90. The molecule has 3 rings (SSSR count). The first-order valence-electron chi connectivity index (χ1n) is 6.42. The van der Waals surface area contributed by atoms with Crippen LogP contribution >= 0.6 is 22.7 Å². The Kier molecular flexibility index (Phi) is 2.99. The normalized spacial score (nSPS) is 12.2. The van der Waals surface area contributed by atoms with Crippen LogP contribution in [0.5, 0.6) is 0 Å². The maximum atomic E-state index is 4.75. The highest BCUT2D eigenvalue weighted by Gasteiger charge is 2.20. The molecule has 0 atom stereocenters. The molecule has 0 saturated carbocycles. The Labute approximate surface area is 121 Å². The molecule has 0 bridgehead atoms. The fourth-order valence-corrected chi connectivity index (χ4v) is 4.55. The molecule has 19 heavy (non-hydrogen) atoms. The number of hydrogen-bond acceptors (Lipinski definition) is 3. The number of thiazole rings is 1. The van der Waals surface area contributed by atoms with Gasteiger partial charge in [0.1, 0.15) is 5.01 Å². The van der Waals surface area contributed by atoms with Crippen LogP contribution < -0.4 is 0 Å². The first-order valence-corrected chi connectivity index (χ1v) is 8.05. The lowest BCUT2D eigenvalue weighted by Crippen LogP contribution is -2.10. The highest BCUT2D eigenvalue weighted by Crippen LogP contribution is 2.39. The summed E-state index contributed by atoms with van der Waals surface area (Å²) in [6.07, 6.45) is 0. The molecule has 0 spiro atoms. The molecule has 1 aromatic carbocycles. The Balaban J connectivity index is 2.12. The molecule has 0 fully saturated rings. The third kappa shape index (κ3) is 2.33. The second-order valence-electron chi connectivity index (χ2n) is 5.82. The van der Waals surface area contributed by atoms with Crippen LogP contribution in [0.4, 0.5) is 0 Å². The molecule has 0 amide bonds. The smallest absolute Gasteiger partial charge is 0.134 e. The van der Waals surface area contributed by atoms with Crippen LogP contribution in [-0.2, 0) is 5.41 Å². The van der Waals surface area contributed by atoms with E-state index in [0.29, 0.717) is 0 Å². The monoisotopic (exact) mass is 287 g/mol. The van der Waals surface area contributed by atoms with Crippen LogP contribution in [0, 0.1) is 6.92 Å². The maximum absolute atomic E-state index is 4.75. The van der Waals surface area contributed by atoms with Crippen LogP contribution in [0.25, 0.3) is 20.1 Å². The summed E-state index contributed by atoms with van der Waals surface area (Å²) in [6, 6.07) is 10.7. The zero-order chi connectivity index (χ0) is 13.6. The molecule has 0 N–H and O–H groups in total. The van der Waals surface area contributed by atoms with Gasteiger partial charge in [-0.05, 0) is 36.1 Å². The second-order valence-corrected chi connectivity index (χ2v) is 8.10. The number of rotatable bonds is 1. The van der Waals surface area contributed by atoms with Gasteiger partial charge >= 0.3 is 0 Å². The molecule has 0 saturated heterocycles. The van der Waals surface area contributed by atoms with Crippen molar-refractivity contribution < 1.29 is 0 Å². The van der Waals surface area contributed by atoms with Crippen molar-refractivity contribution in [2.24, 2.45) is 0 Å². The number of para-hydroxylation sites is 1. The summed E-state index contributed by atoms with van der Waals surface area (Å²) in [6.45, 7) is 9.01. The molecule has 3 aromatic rings. The summed E-state index contributed by atoms with van der Waals surface area (Å²) >= 11 is 3.64. The van der Waals surface area contributed by atoms with Gasteiger partial charge in [-0.2, -0.15) is 0 Å². The molecule has 2 heterocycles. The topological polar surface area (TPSA) is 12.9 Å². The lowest BCUT2D eigenvalue weighted by molar-refractivity contribution is 0.589. The van der Waals surface area contributed by atoms with Crippen molar-refractivity contribution in [1.29, 1.82) is 0 Å². The molecular weight excluding hydrogens is 270 g/mol. The van der Waals surface area contributed by atoms with Crippen LogP contribution in [0.1, 0.15) is 31.2 Å². The van der Waals surface area contributed by atoms with Gasteiger partial charge in [-0.25, -0.2) is 4.98 Å². The Morgan fingerprint density at radius 2 is 1.79 bits per heavy atom. The minimum absolute atomic E-state index is 0.204. The number of aromatic nitrogens is 1. The summed E-state index contributed by atoms with van der Waals surface area (Å²) < 4.78 is 1.26. The van der Waals surface area contributed by atoms with Crippen molar-refractivity contribution in [2.45, 2.75) is 33.1 Å². The molecule has 0 aliphatic heterocycles. The number of benzene rings is 1. The third-order valence-electron chi connectivity index (χ3n) is 3.23. The minimum atomic E-state index is 0.204. The van der Waals surface area contributed by atoms with Gasteiger partial charge in [0.15, 0.2) is 0 Å². The van der Waals surface area contributed by atoms with Gasteiger partial charge in [0.2, 0.25) is 0 Å².